The van der Waals surface area contributed by atoms with E-state index in [9.17, 15) is 14.3 Å². The largest absolute Gasteiger partial charge is 0.393 e. The third kappa shape index (κ3) is 3.42. The van der Waals surface area contributed by atoms with Gasteiger partial charge in [-0.05, 0) is 50.7 Å². The fraction of sp³-hybridized carbons (Fsp3) is 0.667. The van der Waals surface area contributed by atoms with Crippen LogP contribution in [0, 0.1) is 5.95 Å². The average Bonchev–Trinajstić information content (AvgIpc) is 2.87. The van der Waals surface area contributed by atoms with Crippen molar-refractivity contribution in [1.82, 2.24) is 15.2 Å². The fourth-order valence-electron chi connectivity index (χ4n) is 4.61. The second-order valence-corrected chi connectivity index (χ2v) is 7.47. The van der Waals surface area contributed by atoms with Crippen LogP contribution in [0.5, 0.6) is 0 Å². The molecule has 7 heteroatoms. The smallest absolute Gasteiger partial charge is 0.318 e. The molecule has 1 aromatic rings. The lowest BCUT2D eigenvalue weighted by Gasteiger charge is -2.39. The SMILES string of the molecule is O=C(N[C@H]1CCCN(c2cccc(F)n2)C1)N1[C@@H]2CC[C@H]1C[C@@H](O)C2. The minimum Gasteiger partial charge on any atom is -0.393 e. The van der Waals surface area contributed by atoms with Gasteiger partial charge in [0.1, 0.15) is 5.82 Å². The predicted octanol–water partition coefficient (Wildman–Crippen LogP) is 1.89. The maximum atomic E-state index is 13.4. The molecule has 25 heavy (non-hydrogen) atoms. The molecule has 1 aromatic heterocycles. The number of aliphatic hydroxyl groups is 1. The Morgan fingerprint density at radius 2 is 2.00 bits per heavy atom. The maximum absolute atomic E-state index is 13.4. The van der Waals surface area contributed by atoms with Gasteiger partial charge < -0.3 is 20.2 Å². The molecule has 2 amide bonds. The van der Waals surface area contributed by atoms with Gasteiger partial charge in [-0.2, -0.15) is 4.39 Å². The number of piperidine rings is 2. The monoisotopic (exact) mass is 348 g/mol. The quantitative estimate of drug-likeness (QED) is 0.801. The lowest BCUT2D eigenvalue weighted by Crippen LogP contribution is -2.56. The molecule has 3 fully saturated rings. The van der Waals surface area contributed by atoms with Crippen molar-refractivity contribution in [3.8, 4) is 0 Å². The van der Waals surface area contributed by atoms with Gasteiger partial charge in [0.2, 0.25) is 5.95 Å². The summed E-state index contributed by atoms with van der Waals surface area (Å²) in [5.41, 5.74) is 0. The topological polar surface area (TPSA) is 68.7 Å². The Morgan fingerprint density at radius 1 is 1.24 bits per heavy atom. The highest BCUT2D eigenvalue weighted by Gasteiger charge is 2.43. The zero-order chi connectivity index (χ0) is 17.4. The molecule has 0 aromatic carbocycles. The molecule has 0 radical (unpaired) electrons. The summed E-state index contributed by atoms with van der Waals surface area (Å²) in [6.45, 7) is 1.47. The second kappa shape index (κ2) is 6.78. The van der Waals surface area contributed by atoms with Crippen molar-refractivity contribution in [1.29, 1.82) is 0 Å². The van der Waals surface area contributed by atoms with Crippen molar-refractivity contribution >= 4 is 11.8 Å². The van der Waals surface area contributed by atoms with Crippen LogP contribution in [0.25, 0.3) is 0 Å². The van der Waals surface area contributed by atoms with Crippen LogP contribution >= 0.6 is 0 Å². The molecule has 2 bridgehead atoms. The summed E-state index contributed by atoms with van der Waals surface area (Å²) < 4.78 is 13.4. The highest BCUT2D eigenvalue weighted by atomic mass is 19.1. The molecule has 3 saturated heterocycles. The van der Waals surface area contributed by atoms with Crippen LogP contribution in [0.4, 0.5) is 15.0 Å². The first-order valence-electron chi connectivity index (χ1n) is 9.24. The summed E-state index contributed by atoms with van der Waals surface area (Å²) in [6, 6.07) is 5.16. The van der Waals surface area contributed by atoms with Crippen LogP contribution in [0.2, 0.25) is 0 Å². The molecule has 4 rings (SSSR count). The van der Waals surface area contributed by atoms with Crippen molar-refractivity contribution in [3.63, 3.8) is 0 Å². The Balaban J connectivity index is 1.38. The van der Waals surface area contributed by atoms with E-state index in [1.165, 1.54) is 6.07 Å². The first-order valence-corrected chi connectivity index (χ1v) is 9.24. The molecule has 4 atom stereocenters. The Hall–Kier alpha value is -1.89. The van der Waals surface area contributed by atoms with Gasteiger partial charge in [-0.15, -0.1) is 0 Å². The lowest BCUT2D eigenvalue weighted by molar-refractivity contribution is 0.0533. The number of hydrogen-bond acceptors (Lipinski definition) is 4. The Labute approximate surface area is 147 Å². The minimum atomic E-state index is -0.480. The minimum absolute atomic E-state index is 0.0153. The normalized spacial score (nSPS) is 31.9. The number of carbonyl (C=O) groups is 1. The summed E-state index contributed by atoms with van der Waals surface area (Å²) in [4.78, 5) is 20.7. The lowest BCUT2D eigenvalue weighted by atomic mass is 10.00. The molecule has 6 nitrogen and oxygen atoms in total. The van der Waals surface area contributed by atoms with Crippen LogP contribution in [0.1, 0.15) is 38.5 Å². The number of hydrogen-bond donors (Lipinski definition) is 2. The molecule has 0 aliphatic carbocycles. The highest BCUT2D eigenvalue weighted by Crippen LogP contribution is 2.35. The standard InChI is InChI=1S/C18H25FN4O2/c19-16-4-1-5-17(21-16)22-8-2-3-12(11-22)20-18(25)23-13-6-7-14(23)10-15(24)9-13/h1,4-5,12-15,24H,2-3,6-11H2,(H,20,25)/t12-,13-,14+,15+/m0/s1. The van der Waals surface area contributed by atoms with E-state index in [-0.39, 0.29) is 30.3 Å². The van der Waals surface area contributed by atoms with Gasteiger partial charge in [-0.25, -0.2) is 9.78 Å². The first kappa shape index (κ1) is 16.6. The van der Waals surface area contributed by atoms with E-state index in [2.05, 4.69) is 10.3 Å². The second-order valence-electron chi connectivity index (χ2n) is 7.47. The number of urea groups is 1. The number of amides is 2. The number of aromatic nitrogens is 1. The predicted molar refractivity (Wildman–Crippen MR) is 91.9 cm³/mol. The Kier molecular flexibility index (Phi) is 4.50. The van der Waals surface area contributed by atoms with Gasteiger partial charge in [0.05, 0.1) is 6.10 Å². The number of fused-ring (bicyclic) bond motifs is 2. The molecule has 0 unspecified atom stereocenters. The Bertz CT molecular complexity index is 629. The van der Waals surface area contributed by atoms with E-state index in [1.807, 2.05) is 9.80 Å². The zero-order valence-corrected chi connectivity index (χ0v) is 14.3. The van der Waals surface area contributed by atoms with Gasteiger partial charge in [0.25, 0.3) is 0 Å². The number of aliphatic hydroxyl groups excluding tert-OH is 1. The van der Waals surface area contributed by atoms with Crippen LogP contribution in [-0.2, 0) is 0 Å². The van der Waals surface area contributed by atoms with Crippen LogP contribution in [0.15, 0.2) is 18.2 Å². The molecular weight excluding hydrogens is 323 g/mol. The molecule has 3 aliphatic heterocycles. The van der Waals surface area contributed by atoms with E-state index in [4.69, 9.17) is 0 Å². The number of nitrogens with zero attached hydrogens (tertiary/aromatic N) is 3. The third-order valence-corrected chi connectivity index (χ3v) is 5.72. The fourth-order valence-corrected chi connectivity index (χ4v) is 4.61. The van der Waals surface area contributed by atoms with Crippen LogP contribution in [0.3, 0.4) is 0 Å². The first-order chi connectivity index (χ1) is 12.1. The van der Waals surface area contributed by atoms with Crippen molar-refractivity contribution < 1.29 is 14.3 Å². The summed E-state index contributed by atoms with van der Waals surface area (Å²) in [7, 11) is 0. The van der Waals surface area contributed by atoms with Crippen molar-refractivity contribution in [2.45, 2.75) is 62.8 Å². The molecule has 3 aliphatic rings. The summed E-state index contributed by atoms with van der Waals surface area (Å²) in [6.07, 6.45) is 4.93. The van der Waals surface area contributed by atoms with E-state index in [0.717, 1.165) is 32.2 Å². The average molecular weight is 348 g/mol. The van der Waals surface area contributed by atoms with Crippen LogP contribution < -0.4 is 10.2 Å². The number of halogens is 1. The highest BCUT2D eigenvalue weighted by molar-refractivity contribution is 5.76. The molecule has 2 N–H and O–H groups in total. The van der Waals surface area contributed by atoms with Crippen LogP contribution in [-0.4, -0.2) is 58.3 Å². The van der Waals surface area contributed by atoms with E-state index < -0.39 is 5.95 Å². The maximum Gasteiger partial charge on any atom is 0.318 e. The van der Waals surface area contributed by atoms with Gasteiger partial charge in [0.15, 0.2) is 0 Å². The summed E-state index contributed by atoms with van der Waals surface area (Å²) in [5, 5.41) is 13.1. The number of nitrogens with one attached hydrogen (secondary N) is 1. The zero-order valence-electron chi connectivity index (χ0n) is 14.3. The number of pyridine rings is 1. The van der Waals surface area contributed by atoms with Gasteiger partial charge >= 0.3 is 6.03 Å². The molecule has 4 heterocycles. The van der Waals surface area contributed by atoms with E-state index in [0.29, 0.717) is 25.2 Å². The summed E-state index contributed by atoms with van der Waals surface area (Å²) in [5.74, 6) is 0.146. The molecule has 0 spiro atoms. The van der Waals surface area contributed by atoms with Gasteiger partial charge in [-0.1, -0.05) is 6.07 Å². The summed E-state index contributed by atoms with van der Waals surface area (Å²) >= 11 is 0. The third-order valence-electron chi connectivity index (χ3n) is 5.72. The molecule has 136 valence electrons. The van der Waals surface area contributed by atoms with E-state index in [1.54, 1.807) is 12.1 Å². The van der Waals surface area contributed by atoms with Gasteiger partial charge in [0, 0.05) is 31.2 Å². The number of carbonyl (C=O) groups excluding carboxylic acids is 1. The van der Waals surface area contributed by atoms with Gasteiger partial charge in [-0.3, -0.25) is 0 Å². The van der Waals surface area contributed by atoms with Crippen molar-refractivity contribution in [2.24, 2.45) is 0 Å². The number of anilines is 1. The molecule has 0 saturated carbocycles. The van der Waals surface area contributed by atoms with E-state index >= 15 is 0 Å². The molecular formula is C18H25FN4O2. The Morgan fingerprint density at radius 3 is 2.72 bits per heavy atom. The van der Waals surface area contributed by atoms with Crippen molar-refractivity contribution in [3.05, 3.63) is 24.1 Å². The van der Waals surface area contributed by atoms with Crippen molar-refractivity contribution in [2.75, 3.05) is 18.0 Å². The number of rotatable bonds is 2.